The van der Waals surface area contributed by atoms with E-state index in [0.717, 1.165) is 35.7 Å². The highest BCUT2D eigenvalue weighted by Crippen LogP contribution is 2.35. The second-order valence-electron chi connectivity index (χ2n) is 7.61. The second kappa shape index (κ2) is 8.99. The van der Waals surface area contributed by atoms with E-state index < -0.39 is 0 Å². The van der Waals surface area contributed by atoms with Crippen LogP contribution in [0, 0.1) is 19.8 Å². The predicted molar refractivity (Wildman–Crippen MR) is 108 cm³/mol. The number of nitrogens with one attached hydrogen (secondary N) is 2. The van der Waals surface area contributed by atoms with Gasteiger partial charge in [0.15, 0.2) is 5.96 Å². The molecule has 1 fully saturated rings. The number of aromatic nitrogens is 1. The average Bonchev–Trinajstić information content (AvgIpc) is 2.87. The summed E-state index contributed by atoms with van der Waals surface area (Å²) in [6.45, 7) is 11.1. The minimum atomic E-state index is 0.227. The average molecular weight is 366 g/mol. The highest BCUT2D eigenvalue weighted by atomic mass is 32.1. The van der Waals surface area contributed by atoms with Crippen molar-refractivity contribution in [3.8, 4) is 0 Å². The Morgan fingerprint density at radius 2 is 2.12 bits per heavy atom. The van der Waals surface area contributed by atoms with Crippen molar-refractivity contribution in [2.75, 3.05) is 27.2 Å². The van der Waals surface area contributed by atoms with E-state index >= 15 is 0 Å². The van der Waals surface area contributed by atoms with Crippen LogP contribution in [0.2, 0.25) is 0 Å². The Morgan fingerprint density at radius 1 is 1.36 bits per heavy atom. The van der Waals surface area contributed by atoms with E-state index in [1.165, 1.54) is 30.6 Å². The van der Waals surface area contributed by atoms with Gasteiger partial charge in [-0.1, -0.05) is 19.8 Å². The molecular weight excluding hydrogens is 330 g/mol. The number of hydrogen-bond donors (Lipinski definition) is 2. The number of thiazole rings is 1. The molecule has 1 aromatic rings. The fourth-order valence-electron chi connectivity index (χ4n) is 3.82. The number of likely N-dealkylation sites (N-methyl/N-ethyl adjacent to an activating group) is 1. The van der Waals surface area contributed by atoms with Crippen LogP contribution in [0.4, 0.5) is 0 Å². The molecule has 2 unspecified atom stereocenters. The number of aryl methyl sites for hydroxylation is 2. The van der Waals surface area contributed by atoms with E-state index in [1.54, 1.807) is 11.3 Å². The van der Waals surface area contributed by atoms with Crippen LogP contribution in [0.5, 0.6) is 0 Å². The molecule has 2 atom stereocenters. The highest BCUT2D eigenvalue weighted by Gasteiger charge is 2.36. The van der Waals surface area contributed by atoms with Crippen molar-refractivity contribution in [3.63, 3.8) is 0 Å². The van der Waals surface area contributed by atoms with Crippen molar-refractivity contribution in [1.82, 2.24) is 20.5 Å². The largest absolute Gasteiger partial charge is 0.357 e. The molecule has 142 valence electrons. The fraction of sp³-hybridized carbons (Fsp3) is 0.789. The lowest BCUT2D eigenvalue weighted by molar-refractivity contribution is 0.0795. The van der Waals surface area contributed by atoms with Gasteiger partial charge in [-0.2, -0.15) is 0 Å². The Kier molecular flexibility index (Phi) is 7.25. The van der Waals surface area contributed by atoms with E-state index in [0.29, 0.717) is 6.54 Å². The van der Waals surface area contributed by atoms with Gasteiger partial charge in [-0.05, 0) is 53.6 Å². The Labute approximate surface area is 157 Å². The van der Waals surface area contributed by atoms with Gasteiger partial charge >= 0.3 is 0 Å². The summed E-state index contributed by atoms with van der Waals surface area (Å²) in [5.74, 6) is 1.70. The summed E-state index contributed by atoms with van der Waals surface area (Å²) >= 11 is 1.74. The molecule has 0 bridgehead atoms. The van der Waals surface area contributed by atoms with Crippen LogP contribution in [-0.4, -0.2) is 48.6 Å². The summed E-state index contributed by atoms with van der Waals surface area (Å²) < 4.78 is 0. The quantitative estimate of drug-likeness (QED) is 0.600. The van der Waals surface area contributed by atoms with E-state index in [9.17, 15) is 0 Å². The molecule has 0 saturated heterocycles. The number of hydrogen-bond acceptors (Lipinski definition) is 4. The lowest BCUT2D eigenvalue weighted by Crippen LogP contribution is -2.56. The summed E-state index contributed by atoms with van der Waals surface area (Å²) in [6, 6.07) is 0. The molecule has 1 heterocycles. The van der Waals surface area contributed by atoms with Crippen molar-refractivity contribution >= 4 is 17.3 Å². The van der Waals surface area contributed by atoms with Crippen LogP contribution in [0.25, 0.3) is 0 Å². The van der Waals surface area contributed by atoms with Crippen LogP contribution in [-0.2, 0) is 6.54 Å². The van der Waals surface area contributed by atoms with E-state index in [4.69, 9.17) is 4.99 Å². The van der Waals surface area contributed by atoms with E-state index in [-0.39, 0.29) is 5.54 Å². The number of nitrogens with zero attached hydrogens (tertiary/aromatic N) is 3. The molecule has 25 heavy (non-hydrogen) atoms. The van der Waals surface area contributed by atoms with E-state index in [2.05, 4.69) is 62.3 Å². The molecule has 0 aromatic carbocycles. The summed E-state index contributed by atoms with van der Waals surface area (Å²) in [6.07, 6.45) is 5.17. The van der Waals surface area contributed by atoms with Gasteiger partial charge in [-0.25, -0.2) is 9.98 Å². The van der Waals surface area contributed by atoms with Crippen LogP contribution in [0.15, 0.2) is 4.99 Å². The molecule has 0 amide bonds. The summed E-state index contributed by atoms with van der Waals surface area (Å²) in [7, 11) is 4.43. The number of aliphatic imine (C=N–C) groups is 1. The van der Waals surface area contributed by atoms with Gasteiger partial charge in [0.1, 0.15) is 0 Å². The normalized spacial score (nSPS) is 24.6. The zero-order chi connectivity index (χ0) is 18.4. The molecule has 5 nitrogen and oxygen atoms in total. The Balaban J connectivity index is 2.04. The number of guanidine groups is 1. The fourth-order valence-corrected chi connectivity index (χ4v) is 4.68. The monoisotopic (exact) mass is 365 g/mol. The first kappa shape index (κ1) is 20.2. The van der Waals surface area contributed by atoms with Crippen LogP contribution in [0.1, 0.15) is 55.1 Å². The summed E-state index contributed by atoms with van der Waals surface area (Å²) in [5, 5.41) is 8.12. The minimum Gasteiger partial charge on any atom is -0.357 e. The highest BCUT2D eigenvalue weighted by molar-refractivity contribution is 7.11. The molecule has 1 saturated carbocycles. The third-order valence-electron chi connectivity index (χ3n) is 5.33. The molecule has 1 aliphatic rings. The van der Waals surface area contributed by atoms with Crippen molar-refractivity contribution in [3.05, 3.63) is 15.6 Å². The Hall–Kier alpha value is -1.14. The predicted octanol–water partition coefficient (Wildman–Crippen LogP) is 3.33. The zero-order valence-electron chi connectivity index (χ0n) is 16.8. The molecule has 1 aliphatic carbocycles. The molecular formula is C19H35N5S. The maximum absolute atomic E-state index is 4.80. The molecule has 0 radical (unpaired) electrons. The first-order chi connectivity index (χ1) is 11.9. The van der Waals surface area contributed by atoms with Crippen LogP contribution < -0.4 is 10.6 Å². The maximum atomic E-state index is 4.80. The van der Waals surface area contributed by atoms with Crippen molar-refractivity contribution in [2.24, 2.45) is 10.9 Å². The Bertz CT molecular complexity index is 580. The number of rotatable bonds is 6. The molecule has 0 aliphatic heterocycles. The third kappa shape index (κ3) is 5.42. The van der Waals surface area contributed by atoms with Gasteiger partial charge in [0, 0.05) is 23.5 Å². The van der Waals surface area contributed by atoms with Gasteiger partial charge in [0.25, 0.3) is 0 Å². The molecule has 2 rings (SSSR count). The smallest absolute Gasteiger partial charge is 0.191 e. The topological polar surface area (TPSA) is 52.6 Å². The van der Waals surface area contributed by atoms with Crippen LogP contribution >= 0.6 is 11.3 Å². The molecule has 1 aromatic heterocycles. The molecule has 6 heteroatoms. The summed E-state index contributed by atoms with van der Waals surface area (Å²) in [5.41, 5.74) is 1.33. The van der Waals surface area contributed by atoms with Crippen molar-refractivity contribution in [1.29, 1.82) is 0 Å². The first-order valence-electron chi connectivity index (χ1n) is 9.49. The first-order valence-corrected chi connectivity index (χ1v) is 10.3. The van der Waals surface area contributed by atoms with Crippen molar-refractivity contribution < 1.29 is 0 Å². The van der Waals surface area contributed by atoms with Gasteiger partial charge in [0.2, 0.25) is 0 Å². The second-order valence-corrected chi connectivity index (χ2v) is 8.90. The minimum absolute atomic E-state index is 0.227. The molecule has 0 spiro atoms. The zero-order valence-corrected chi connectivity index (χ0v) is 17.6. The third-order valence-corrected chi connectivity index (χ3v) is 6.38. The van der Waals surface area contributed by atoms with Gasteiger partial charge in [-0.15, -0.1) is 11.3 Å². The summed E-state index contributed by atoms with van der Waals surface area (Å²) in [4.78, 5) is 13.0. The standard InChI is InChI=1S/C19H35N5S/c1-7-20-18(21-12-17-15(3)23-16(4)25-17)22-13-19(24(5)6)10-8-9-14(2)11-19/h14H,7-13H2,1-6H3,(H2,20,21,22). The van der Waals surface area contributed by atoms with Gasteiger partial charge in [-0.3, -0.25) is 0 Å². The maximum Gasteiger partial charge on any atom is 0.191 e. The SMILES string of the molecule is CCNC(=NCc1sc(C)nc1C)NCC1(N(C)C)CCCC(C)C1. The van der Waals surface area contributed by atoms with Gasteiger partial charge in [0.05, 0.1) is 17.2 Å². The molecule has 2 N–H and O–H groups in total. The lowest BCUT2D eigenvalue weighted by atomic mass is 9.75. The van der Waals surface area contributed by atoms with Gasteiger partial charge < -0.3 is 15.5 Å². The van der Waals surface area contributed by atoms with E-state index in [1.807, 2.05) is 0 Å². The Morgan fingerprint density at radius 3 is 2.68 bits per heavy atom. The van der Waals surface area contributed by atoms with Crippen LogP contribution in [0.3, 0.4) is 0 Å². The lowest BCUT2D eigenvalue weighted by Gasteiger charge is -2.45. The van der Waals surface area contributed by atoms with Crippen molar-refractivity contribution in [2.45, 2.75) is 65.5 Å².